The zero-order chi connectivity index (χ0) is 21.1. The van der Waals surface area contributed by atoms with Gasteiger partial charge in [0.05, 0.1) is 12.8 Å². The Morgan fingerprint density at radius 1 is 1.27 bits per heavy atom. The quantitative estimate of drug-likeness (QED) is 0.777. The molecule has 8 nitrogen and oxygen atoms in total. The molecular weight excluding hydrogens is 389 g/mol. The third-order valence-corrected chi connectivity index (χ3v) is 5.62. The minimum absolute atomic E-state index is 0.0398. The summed E-state index contributed by atoms with van der Waals surface area (Å²) in [6.45, 7) is 0.956. The van der Waals surface area contributed by atoms with Crippen LogP contribution in [0.25, 0.3) is 11.3 Å². The number of carbonyl (C=O) groups is 2. The summed E-state index contributed by atoms with van der Waals surface area (Å²) in [7, 11) is 0. The molecule has 2 amide bonds. The molecule has 0 bridgehead atoms. The van der Waals surface area contributed by atoms with Gasteiger partial charge in [-0.15, -0.1) is 0 Å². The SMILES string of the molecule is NC(=O)C1CCC(Nc2ncc(F)c(-c3cccc(N4CCOCC4=O)c3)n2)CC1. The lowest BCUT2D eigenvalue weighted by molar-refractivity contribution is -0.125. The summed E-state index contributed by atoms with van der Waals surface area (Å²) in [4.78, 5) is 33.5. The van der Waals surface area contributed by atoms with E-state index >= 15 is 0 Å². The summed E-state index contributed by atoms with van der Waals surface area (Å²) in [6.07, 6.45) is 4.14. The number of primary amides is 1. The Labute approximate surface area is 173 Å². The van der Waals surface area contributed by atoms with Gasteiger partial charge in [0.1, 0.15) is 12.3 Å². The molecule has 158 valence electrons. The van der Waals surface area contributed by atoms with Crippen molar-refractivity contribution in [3.63, 3.8) is 0 Å². The van der Waals surface area contributed by atoms with Crippen LogP contribution in [-0.4, -0.2) is 47.6 Å². The fourth-order valence-electron chi connectivity index (χ4n) is 3.96. The van der Waals surface area contributed by atoms with E-state index in [-0.39, 0.29) is 36.1 Å². The molecule has 2 aliphatic rings. The van der Waals surface area contributed by atoms with Crippen LogP contribution in [0.15, 0.2) is 30.5 Å². The van der Waals surface area contributed by atoms with E-state index in [9.17, 15) is 14.0 Å². The predicted octanol–water partition coefficient (Wildman–Crippen LogP) is 2.10. The minimum Gasteiger partial charge on any atom is -0.370 e. The first-order chi connectivity index (χ1) is 14.5. The van der Waals surface area contributed by atoms with Crippen molar-refractivity contribution in [2.24, 2.45) is 11.7 Å². The third-order valence-electron chi connectivity index (χ3n) is 5.62. The number of aromatic nitrogens is 2. The molecule has 2 fully saturated rings. The Morgan fingerprint density at radius 3 is 2.80 bits per heavy atom. The van der Waals surface area contributed by atoms with Crippen molar-refractivity contribution in [2.45, 2.75) is 31.7 Å². The molecule has 30 heavy (non-hydrogen) atoms. The fraction of sp³-hybridized carbons (Fsp3) is 0.429. The van der Waals surface area contributed by atoms with Crippen molar-refractivity contribution in [3.8, 4) is 11.3 Å². The summed E-state index contributed by atoms with van der Waals surface area (Å²) >= 11 is 0. The van der Waals surface area contributed by atoms with Crippen molar-refractivity contribution in [1.29, 1.82) is 0 Å². The topological polar surface area (TPSA) is 110 Å². The van der Waals surface area contributed by atoms with Gasteiger partial charge in [-0.3, -0.25) is 9.59 Å². The largest absolute Gasteiger partial charge is 0.370 e. The van der Waals surface area contributed by atoms with Gasteiger partial charge in [-0.2, -0.15) is 0 Å². The van der Waals surface area contributed by atoms with Crippen LogP contribution in [0.5, 0.6) is 0 Å². The highest BCUT2D eigenvalue weighted by molar-refractivity contribution is 5.95. The summed E-state index contributed by atoms with van der Waals surface area (Å²) in [6, 6.07) is 7.18. The second-order valence-electron chi connectivity index (χ2n) is 7.63. The van der Waals surface area contributed by atoms with Gasteiger partial charge in [-0.25, -0.2) is 14.4 Å². The Hall–Kier alpha value is -3.07. The summed E-state index contributed by atoms with van der Waals surface area (Å²) in [5.74, 6) is -0.675. The van der Waals surface area contributed by atoms with E-state index in [1.54, 1.807) is 23.1 Å². The van der Waals surface area contributed by atoms with Crippen molar-refractivity contribution < 1.29 is 18.7 Å². The number of nitrogens with zero attached hydrogens (tertiary/aromatic N) is 3. The number of halogens is 1. The molecule has 4 rings (SSSR count). The van der Waals surface area contributed by atoms with Crippen molar-refractivity contribution in [2.75, 3.05) is 30.0 Å². The average Bonchev–Trinajstić information content (AvgIpc) is 2.76. The van der Waals surface area contributed by atoms with Crippen molar-refractivity contribution in [3.05, 3.63) is 36.3 Å². The fourth-order valence-corrected chi connectivity index (χ4v) is 3.96. The number of rotatable bonds is 5. The molecule has 2 aromatic rings. The number of ether oxygens (including phenoxy) is 1. The first-order valence-electron chi connectivity index (χ1n) is 10.1. The van der Waals surface area contributed by atoms with E-state index in [0.29, 0.717) is 30.4 Å². The van der Waals surface area contributed by atoms with Crippen LogP contribution >= 0.6 is 0 Å². The number of hydrogen-bond donors (Lipinski definition) is 2. The molecule has 0 atom stereocenters. The lowest BCUT2D eigenvalue weighted by Gasteiger charge is -2.27. The van der Waals surface area contributed by atoms with Gasteiger partial charge in [0.15, 0.2) is 5.82 Å². The number of carbonyl (C=O) groups excluding carboxylic acids is 2. The van der Waals surface area contributed by atoms with Crippen LogP contribution in [0.1, 0.15) is 25.7 Å². The van der Waals surface area contributed by atoms with Gasteiger partial charge in [0.25, 0.3) is 5.91 Å². The normalized spacial score (nSPS) is 22.0. The van der Waals surface area contributed by atoms with Gasteiger partial charge >= 0.3 is 0 Å². The van der Waals surface area contributed by atoms with Gasteiger partial charge in [0, 0.05) is 29.8 Å². The lowest BCUT2D eigenvalue weighted by Crippen LogP contribution is -2.41. The molecule has 1 saturated carbocycles. The number of hydrogen-bond acceptors (Lipinski definition) is 6. The standard InChI is InChI=1S/C21H24FN5O3/c22-17-11-24-21(25-15-6-4-13(5-7-15)20(23)29)26-19(17)14-2-1-3-16(10-14)27-8-9-30-12-18(27)28/h1-3,10-11,13,15H,4-9,12H2,(H2,23,29)(H,24,25,26). The number of nitrogens with one attached hydrogen (secondary N) is 1. The molecule has 1 aliphatic carbocycles. The van der Waals surface area contributed by atoms with Crippen molar-refractivity contribution in [1.82, 2.24) is 9.97 Å². The minimum atomic E-state index is -0.538. The predicted molar refractivity (Wildman–Crippen MR) is 109 cm³/mol. The maximum Gasteiger partial charge on any atom is 0.253 e. The third kappa shape index (κ3) is 4.40. The second kappa shape index (κ2) is 8.74. The molecule has 1 aromatic carbocycles. The molecular formula is C21H24FN5O3. The smallest absolute Gasteiger partial charge is 0.253 e. The second-order valence-corrected chi connectivity index (χ2v) is 7.63. The maximum absolute atomic E-state index is 14.5. The van der Waals surface area contributed by atoms with Crippen LogP contribution in [0, 0.1) is 11.7 Å². The first-order valence-corrected chi connectivity index (χ1v) is 10.1. The zero-order valence-electron chi connectivity index (χ0n) is 16.5. The number of nitrogens with two attached hydrogens (primary N) is 1. The van der Waals surface area contributed by atoms with E-state index in [4.69, 9.17) is 10.5 Å². The van der Waals surface area contributed by atoms with Crippen LogP contribution in [0.3, 0.4) is 0 Å². The Bertz CT molecular complexity index is 946. The zero-order valence-corrected chi connectivity index (χ0v) is 16.5. The average molecular weight is 413 g/mol. The molecule has 1 aromatic heterocycles. The number of anilines is 2. The van der Waals surface area contributed by atoms with Crippen LogP contribution in [-0.2, 0) is 14.3 Å². The summed E-state index contributed by atoms with van der Waals surface area (Å²) in [5, 5.41) is 3.24. The Kier molecular flexibility index (Phi) is 5.89. The highest BCUT2D eigenvalue weighted by atomic mass is 19.1. The Balaban J connectivity index is 1.52. The van der Waals surface area contributed by atoms with Gasteiger partial charge in [-0.1, -0.05) is 12.1 Å². The molecule has 1 saturated heterocycles. The molecule has 0 spiro atoms. The van der Waals surface area contributed by atoms with Crippen LogP contribution in [0.4, 0.5) is 16.0 Å². The van der Waals surface area contributed by atoms with E-state index in [0.717, 1.165) is 31.9 Å². The lowest BCUT2D eigenvalue weighted by atomic mass is 9.86. The molecule has 9 heteroatoms. The van der Waals surface area contributed by atoms with Gasteiger partial charge in [0.2, 0.25) is 11.9 Å². The summed E-state index contributed by atoms with van der Waals surface area (Å²) in [5.41, 5.74) is 6.79. The van der Waals surface area contributed by atoms with Gasteiger partial charge in [-0.05, 0) is 37.8 Å². The van der Waals surface area contributed by atoms with E-state index in [1.165, 1.54) is 0 Å². The van der Waals surface area contributed by atoms with Gasteiger partial charge < -0.3 is 20.7 Å². The number of benzene rings is 1. The first kappa shape index (κ1) is 20.2. The molecule has 0 radical (unpaired) electrons. The molecule has 2 heterocycles. The number of morpholine rings is 1. The molecule has 0 unspecified atom stereocenters. The highest BCUT2D eigenvalue weighted by Gasteiger charge is 2.25. The van der Waals surface area contributed by atoms with Crippen LogP contribution < -0.4 is 16.0 Å². The molecule has 3 N–H and O–H groups in total. The maximum atomic E-state index is 14.5. The van der Waals surface area contributed by atoms with E-state index < -0.39 is 5.82 Å². The monoisotopic (exact) mass is 413 g/mol. The van der Waals surface area contributed by atoms with E-state index in [2.05, 4.69) is 15.3 Å². The molecule has 1 aliphatic heterocycles. The van der Waals surface area contributed by atoms with Crippen molar-refractivity contribution >= 4 is 23.5 Å². The summed E-state index contributed by atoms with van der Waals surface area (Å²) < 4.78 is 19.7. The van der Waals surface area contributed by atoms with Crippen LogP contribution in [0.2, 0.25) is 0 Å². The number of amides is 2. The van der Waals surface area contributed by atoms with E-state index in [1.807, 2.05) is 6.07 Å². The highest BCUT2D eigenvalue weighted by Crippen LogP contribution is 2.29. The Morgan fingerprint density at radius 2 is 2.07 bits per heavy atom.